The Bertz CT molecular complexity index is 350. The third kappa shape index (κ3) is 1.54. The molecule has 0 bridgehead atoms. The molecule has 0 spiro atoms. The summed E-state index contributed by atoms with van der Waals surface area (Å²) in [6, 6.07) is 8.02. The maximum absolute atomic E-state index is 5.92. The molecule has 3 heteroatoms. The van der Waals surface area contributed by atoms with Crippen molar-refractivity contribution < 1.29 is 0 Å². The molecule has 0 atom stereocenters. The molecule has 0 aromatic carbocycles. The van der Waals surface area contributed by atoms with Crippen molar-refractivity contribution in [1.29, 1.82) is 0 Å². The lowest BCUT2D eigenvalue weighted by Gasteiger charge is -2.00. The van der Waals surface area contributed by atoms with Crippen LogP contribution in [0.3, 0.4) is 0 Å². The first kappa shape index (κ1) is 7.90. The molecule has 0 unspecified atom stereocenters. The Hall–Kier alpha value is -0.730. The van der Waals surface area contributed by atoms with Crippen molar-refractivity contribution in [1.82, 2.24) is 4.57 Å². The first-order chi connectivity index (χ1) is 5.86. The molecular weight excluding hydrogens is 190 g/mol. The molecule has 0 saturated carbocycles. The Morgan fingerprint density at radius 2 is 2.25 bits per heavy atom. The van der Waals surface area contributed by atoms with Crippen LogP contribution in [0.5, 0.6) is 0 Å². The Morgan fingerprint density at radius 3 is 2.83 bits per heavy atom. The molecule has 2 aromatic rings. The summed E-state index contributed by atoms with van der Waals surface area (Å²) in [5.74, 6) is 0. The molecule has 1 nitrogen and oxygen atoms in total. The standard InChI is InChI=1S/C9H8ClNS/c10-9-4-1-5-11(9)7-8-3-2-6-12-8/h1-6H,7H2. The lowest BCUT2D eigenvalue weighted by atomic mass is 10.5. The van der Waals surface area contributed by atoms with Gasteiger partial charge in [-0.15, -0.1) is 11.3 Å². The summed E-state index contributed by atoms with van der Waals surface area (Å²) < 4.78 is 2.02. The van der Waals surface area contributed by atoms with Gasteiger partial charge in [0.15, 0.2) is 0 Å². The maximum Gasteiger partial charge on any atom is 0.109 e. The Balaban J connectivity index is 2.20. The lowest BCUT2D eigenvalue weighted by molar-refractivity contribution is 0.820. The molecule has 0 radical (unpaired) electrons. The lowest BCUT2D eigenvalue weighted by Crippen LogP contribution is -1.94. The zero-order valence-corrected chi connectivity index (χ0v) is 7.98. The second-order valence-electron chi connectivity index (χ2n) is 2.54. The third-order valence-corrected chi connectivity index (χ3v) is 2.88. The SMILES string of the molecule is Clc1cccn1Cc1cccs1. The number of aromatic nitrogens is 1. The summed E-state index contributed by atoms with van der Waals surface area (Å²) in [7, 11) is 0. The predicted molar refractivity (Wildman–Crippen MR) is 52.9 cm³/mol. The van der Waals surface area contributed by atoms with E-state index in [2.05, 4.69) is 17.5 Å². The molecule has 0 saturated heterocycles. The molecule has 0 fully saturated rings. The summed E-state index contributed by atoms with van der Waals surface area (Å²) in [6.07, 6.45) is 1.99. The van der Waals surface area contributed by atoms with Crippen molar-refractivity contribution >= 4 is 22.9 Å². The van der Waals surface area contributed by atoms with Crippen molar-refractivity contribution in [3.63, 3.8) is 0 Å². The van der Waals surface area contributed by atoms with Crippen LogP contribution in [0.25, 0.3) is 0 Å². The van der Waals surface area contributed by atoms with Gasteiger partial charge in [-0.25, -0.2) is 0 Å². The summed E-state index contributed by atoms with van der Waals surface area (Å²) in [4.78, 5) is 1.33. The highest BCUT2D eigenvalue weighted by molar-refractivity contribution is 7.09. The number of hydrogen-bond acceptors (Lipinski definition) is 1. The molecule has 0 aliphatic rings. The van der Waals surface area contributed by atoms with Gasteiger partial charge in [0.05, 0.1) is 6.54 Å². The number of rotatable bonds is 2. The molecular formula is C9H8ClNS. The minimum absolute atomic E-state index is 0.795. The van der Waals surface area contributed by atoms with E-state index in [4.69, 9.17) is 11.6 Å². The van der Waals surface area contributed by atoms with Gasteiger partial charge in [-0.1, -0.05) is 17.7 Å². The highest BCUT2D eigenvalue weighted by Crippen LogP contribution is 2.15. The van der Waals surface area contributed by atoms with Crippen molar-refractivity contribution in [3.8, 4) is 0 Å². The minimum atomic E-state index is 0.795. The summed E-state index contributed by atoms with van der Waals surface area (Å²) in [5.41, 5.74) is 0. The van der Waals surface area contributed by atoms with E-state index in [0.717, 1.165) is 11.7 Å². The van der Waals surface area contributed by atoms with Gasteiger partial charge in [0, 0.05) is 11.1 Å². The molecule has 0 amide bonds. The molecule has 2 heterocycles. The van der Waals surface area contributed by atoms with E-state index in [1.807, 2.05) is 22.9 Å². The van der Waals surface area contributed by atoms with Crippen molar-refractivity contribution in [2.75, 3.05) is 0 Å². The van der Waals surface area contributed by atoms with Crippen LogP contribution in [0.4, 0.5) is 0 Å². The summed E-state index contributed by atoms with van der Waals surface area (Å²) in [6.45, 7) is 0.878. The van der Waals surface area contributed by atoms with Gasteiger partial charge in [0.25, 0.3) is 0 Å². The normalized spacial score (nSPS) is 10.4. The number of hydrogen-bond donors (Lipinski definition) is 0. The van der Waals surface area contributed by atoms with Gasteiger partial charge in [-0.2, -0.15) is 0 Å². The zero-order valence-electron chi connectivity index (χ0n) is 6.40. The Labute approximate surface area is 80.2 Å². The van der Waals surface area contributed by atoms with Gasteiger partial charge < -0.3 is 4.57 Å². The van der Waals surface area contributed by atoms with E-state index >= 15 is 0 Å². The average molecular weight is 198 g/mol. The monoisotopic (exact) mass is 197 g/mol. The fourth-order valence-corrected chi connectivity index (χ4v) is 1.98. The third-order valence-electron chi connectivity index (χ3n) is 1.68. The molecule has 0 aliphatic heterocycles. The van der Waals surface area contributed by atoms with Gasteiger partial charge >= 0.3 is 0 Å². The van der Waals surface area contributed by atoms with Gasteiger partial charge in [0.1, 0.15) is 5.15 Å². The van der Waals surface area contributed by atoms with Crippen LogP contribution in [-0.4, -0.2) is 4.57 Å². The van der Waals surface area contributed by atoms with Crippen LogP contribution in [-0.2, 0) is 6.54 Å². The Kier molecular flexibility index (Phi) is 2.19. The van der Waals surface area contributed by atoms with Crippen LogP contribution >= 0.6 is 22.9 Å². The first-order valence-electron chi connectivity index (χ1n) is 3.69. The van der Waals surface area contributed by atoms with E-state index in [9.17, 15) is 0 Å². The topological polar surface area (TPSA) is 4.93 Å². The van der Waals surface area contributed by atoms with Crippen LogP contribution < -0.4 is 0 Å². The van der Waals surface area contributed by atoms with Crippen molar-refractivity contribution in [2.24, 2.45) is 0 Å². The number of nitrogens with zero attached hydrogens (tertiary/aromatic N) is 1. The zero-order chi connectivity index (χ0) is 8.39. The molecule has 12 heavy (non-hydrogen) atoms. The van der Waals surface area contributed by atoms with E-state index < -0.39 is 0 Å². The predicted octanol–water partition coefficient (Wildman–Crippen LogP) is 3.25. The highest BCUT2D eigenvalue weighted by atomic mass is 35.5. The number of halogens is 1. The van der Waals surface area contributed by atoms with Crippen LogP contribution in [0.2, 0.25) is 5.15 Å². The number of thiophene rings is 1. The molecule has 2 rings (SSSR count). The van der Waals surface area contributed by atoms with Crippen LogP contribution in [0.15, 0.2) is 35.8 Å². The van der Waals surface area contributed by atoms with Gasteiger partial charge in [-0.05, 0) is 23.6 Å². The van der Waals surface area contributed by atoms with Gasteiger partial charge in [-0.3, -0.25) is 0 Å². The minimum Gasteiger partial charge on any atom is -0.334 e. The van der Waals surface area contributed by atoms with E-state index in [1.165, 1.54) is 4.88 Å². The molecule has 0 N–H and O–H groups in total. The van der Waals surface area contributed by atoms with Crippen LogP contribution in [0, 0.1) is 0 Å². The van der Waals surface area contributed by atoms with Crippen molar-refractivity contribution in [2.45, 2.75) is 6.54 Å². The van der Waals surface area contributed by atoms with E-state index in [-0.39, 0.29) is 0 Å². The summed E-state index contributed by atoms with van der Waals surface area (Å²) >= 11 is 7.67. The highest BCUT2D eigenvalue weighted by Gasteiger charge is 1.98. The average Bonchev–Trinajstić information content (AvgIpc) is 2.65. The van der Waals surface area contributed by atoms with E-state index in [1.54, 1.807) is 11.3 Å². The fourth-order valence-electron chi connectivity index (χ4n) is 1.09. The Morgan fingerprint density at radius 1 is 1.33 bits per heavy atom. The maximum atomic E-state index is 5.92. The van der Waals surface area contributed by atoms with Gasteiger partial charge in [0.2, 0.25) is 0 Å². The molecule has 2 aromatic heterocycles. The van der Waals surface area contributed by atoms with E-state index in [0.29, 0.717) is 0 Å². The van der Waals surface area contributed by atoms with Crippen LogP contribution in [0.1, 0.15) is 4.88 Å². The second-order valence-corrected chi connectivity index (χ2v) is 3.96. The summed E-state index contributed by atoms with van der Waals surface area (Å²) in [5, 5.41) is 2.87. The molecule has 0 aliphatic carbocycles. The first-order valence-corrected chi connectivity index (χ1v) is 4.95. The van der Waals surface area contributed by atoms with Crippen molar-refractivity contribution in [3.05, 3.63) is 45.9 Å². The fraction of sp³-hybridized carbons (Fsp3) is 0.111. The smallest absolute Gasteiger partial charge is 0.109 e. The second kappa shape index (κ2) is 3.33. The largest absolute Gasteiger partial charge is 0.334 e. The molecule has 62 valence electrons. The quantitative estimate of drug-likeness (QED) is 0.697.